The third-order valence-corrected chi connectivity index (χ3v) is 4.62. The van der Waals surface area contributed by atoms with Gasteiger partial charge in [0.05, 0.1) is 14.4 Å². The Morgan fingerprint density at radius 2 is 1.11 bits per heavy atom. The molecule has 0 aliphatic heterocycles. The van der Waals surface area contributed by atoms with Crippen LogP contribution >= 0.6 is 7.82 Å². The summed E-state index contributed by atoms with van der Waals surface area (Å²) in [6.07, 6.45) is 12.7. The molecule has 0 spiro atoms. The number of carbonyl (C=O) groups excluding carboxylic acids is 2. The van der Waals surface area contributed by atoms with Crippen molar-refractivity contribution in [2.75, 3.05) is 6.61 Å². The van der Waals surface area contributed by atoms with Crippen molar-refractivity contribution in [2.45, 2.75) is 96.8 Å². The normalized spacial score (nSPS) is 10.8. The average Bonchev–Trinajstić information content (AvgIpc) is 2.53. The van der Waals surface area contributed by atoms with Gasteiger partial charge in [0.15, 0.2) is 0 Å². The summed E-state index contributed by atoms with van der Waals surface area (Å²) in [5.41, 5.74) is 0. The van der Waals surface area contributed by atoms with Crippen molar-refractivity contribution in [2.24, 2.45) is 0 Å². The van der Waals surface area contributed by atoms with E-state index in [1.807, 2.05) is 0 Å². The fraction of sp³-hybridized carbons (Fsp3) is 0.889. The summed E-state index contributed by atoms with van der Waals surface area (Å²) < 4.78 is 14.2. The number of rotatable bonds is 18. The van der Waals surface area contributed by atoms with E-state index in [0.717, 1.165) is 19.3 Å². The van der Waals surface area contributed by atoms with Gasteiger partial charge in [0.1, 0.15) is 11.6 Å². The minimum atomic E-state index is -5.01. The van der Waals surface area contributed by atoms with E-state index in [-0.39, 0.29) is 89.9 Å². The molecule has 0 aromatic heterocycles. The molecule has 27 heavy (non-hydrogen) atoms. The van der Waals surface area contributed by atoms with Gasteiger partial charge in [-0.05, 0) is 6.42 Å². The fourth-order valence-electron chi connectivity index (χ4n) is 2.61. The number of Topliss-reactive ketones (excluding diaryl/α,β-unsaturated/α-hetero) is 2. The Morgan fingerprint density at radius 1 is 0.704 bits per heavy atom. The molecule has 0 bridgehead atoms. The number of phosphoric acid groups is 1. The quantitative estimate of drug-likeness (QED) is 0.137. The summed E-state index contributed by atoms with van der Waals surface area (Å²) >= 11 is 0. The number of ketones is 2. The second kappa shape index (κ2) is 22.1. The summed E-state index contributed by atoms with van der Waals surface area (Å²) in [6, 6.07) is 0. The standard InChI is InChI=1S/C18H35O6P.2Na/c1-2-3-4-5-6-7-8-9-10-11-12-17(19)13-14-18(20)15-16-24-25(21,22)23;;/h2-16H2,1H3,(H2,21,22,23);;/q;2*+1/p-2. The zero-order valence-electron chi connectivity index (χ0n) is 17.5. The van der Waals surface area contributed by atoms with Gasteiger partial charge in [-0.1, -0.05) is 64.7 Å². The van der Waals surface area contributed by atoms with Gasteiger partial charge in [0, 0.05) is 25.7 Å². The molecule has 0 aromatic rings. The number of hydrogen-bond donors (Lipinski definition) is 0. The van der Waals surface area contributed by atoms with E-state index in [2.05, 4.69) is 11.4 Å². The van der Waals surface area contributed by atoms with Gasteiger partial charge < -0.3 is 18.9 Å². The van der Waals surface area contributed by atoms with Crippen LogP contribution in [0.5, 0.6) is 0 Å². The molecule has 0 saturated carbocycles. The Labute approximate surface area is 208 Å². The first-order valence-corrected chi connectivity index (χ1v) is 11.0. The molecule has 148 valence electrons. The van der Waals surface area contributed by atoms with Crippen LogP contribution in [0, 0.1) is 0 Å². The van der Waals surface area contributed by atoms with Crippen LogP contribution in [0.1, 0.15) is 96.8 Å². The summed E-state index contributed by atoms with van der Waals surface area (Å²) in [6.45, 7) is 1.78. The first-order chi connectivity index (χ1) is 11.8. The predicted molar refractivity (Wildman–Crippen MR) is 93.9 cm³/mol. The second-order valence-electron chi connectivity index (χ2n) is 6.54. The van der Waals surface area contributed by atoms with E-state index in [0.29, 0.717) is 6.42 Å². The first kappa shape index (κ1) is 33.1. The molecule has 0 heterocycles. The molecule has 0 fully saturated rings. The third kappa shape index (κ3) is 27.4. The molecule has 0 amide bonds. The predicted octanol–water partition coefficient (Wildman–Crippen LogP) is -2.54. The van der Waals surface area contributed by atoms with Crippen molar-refractivity contribution < 1.29 is 87.6 Å². The van der Waals surface area contributed by atoms with E-state index < -0.39 is 14.4 Å². The Bertz CT molecular complexity index is 415. The van der Waals surface area contributed by atoms with E-state index in [1.165, 1.54) is 44.9 Å². The van der Waals surface area contributed by atoms with Crippen molar-refractivity contribution >= 4 is 19.4 Å². The molecule has 0 rings (SSSR count). The summed E-state index contributed by atoms with van der Waals surface area (Å²) in [5, 5.41) is 0. The summed E-state index contributed by atoms with van der Waals surface area (Å²) in [7, 11) is -5.01. The van der Waals surface area contributed by atoms with Crippen molar-refractivity contribution in [3.8, 4) is 0 Å². The maximum Gasteiger partial charge on any atom is 1.00 e. The van der Waals surface area contributed by atoms with Crippen molar-refractivity contribution in [3.63, 3.8) is 0 Å². The van der Waals surface area contributed by atoms with Gasteiger partial charge >= 0.3 is 59.1 Å². The van der Waals surface area contributed by atoms with Crippen LogP contribution in [-0.2, 0) is 18.7 Å². The van der Waals surface area contributed by atoms with Crippen molar-refractivity contribution in [1.82, 2.24) is 0 Å². The topological polar surface area (TPSA) is 107 Å². The van der Waals surface area contributed by atoms with Crippen molar-refractivity contribution in [1.29, 1.82) is 0 Å². The summed E-state index contributed by atoms with van der Waals surface area (Å²) in [5.74, 6) is -0.197. The molecule has 0 N–H and O–H groups in total. The second-order valence-corrected chi connectivity index (χ2v) is 7.69. The Hall–Kier alpha value is 1.45. The number of carbonyl (C=O) groups is 2. The molecule has 0 aliphatic rings. The number of phosphoric ester groups is 1. The summed E-state index contributed by atoms with van der Waals surface area (Å²) in [4.78, 5) is 43.6. The molecule has 9 heteroatoms. The van der Waals surface area contributed by atoms with Crippen LogP contribution in [0.4, 0.5) is 0 Å². The van der Waals surface area contributed by atoms with Gasteiger partial charge in [0.25, 0.3) is 0 Å². The van der Waals surface area contributed by atoms with Crippen molar-refractivity contribution in [3.05, 3.63) is 0 Å². The van der Waals surface area contributed by atoms with E-state index in [1.54, 1.807) is 0 Å². The average molecular weight is 422 g/mol. The monoisotopic (exact) mass is 422 g/mol. The van der Waals surface area contributed by atoms with Gasteiger partial charge in [-0.3, -0.25) is 9.59 Å². The minimum absolute atomic E-state index is 0. The Balaban J connectivity index is -0.00000288. The fourth-order valence-corrected chi connectivity index (χ4v) is 2.92. The van der Waals surface area contributed by atoms with Crippen LogP contribution in [0.25, 0.3) is 0 Å². The van der Waals surface area contributed by atoms with Gasteiger partial charge in [0.2, 0.25) is 0 Å². The molecular formula is C18H33Na2O6P. The van der Waals surface area contributed by atoms with Crippen LogP contribution in [-0.4, -0.2) is 18.2 Å². The smallest absolute Gasteiger partial charge is 0.790 e. The van der Waals surface area contributed by atoms with Crippen LogP contribution < -0.4 is 68.9 Å². The maximum absolute atomic E-state index is 11.7. The Kier molecular flexibility index (Phi) is 27.1. The SMILES string of the molecule is CCCCCCCCCCCCC(=O)CCC(=O)CCOP(=O)([O-])[O-].[Na+].[Na+]. The van der Waals surface area contributed by atoms with Crippen LogP contribution in [0.2, 0.25) is 0 Å². The number of unbranched alkanes of at least 4 members (excludes halogenated alkanes) is 9. The van der Waals surface area contributed by atoms with Gasteiger partial charge in [-0.2, -0.15) is 0 Å². The third-order valence-electron chi connectivity index (χ3n) is 4.12. The zero-order chi connectivity index (χ0) is 19.0. The minimum Gasteiger partial charge on any atom is -0.790 e. The van der Waals surface area contributed by atoms with Gasteiger partial charge in [-0.15, -0.1) is 0 Å². The molecule has 0 aromatic carbocycles. The van der Waals surface area contributed by atoms with E-state index >= 15 is 0 Å². The number of hydrogen-bond acceptors (Lipinski definition) is 6. The largest absolute Gasteiger partial charge is 1.00 e. The molecule has 0 unspecified atom stereocenters. The molecule has 0 atom stereocenters. The Morgan fingerprint density at radius 3 is 1.56 bits per heavy atom. The maximum atomic E-state index is 11.7. The van der Waals surface area contributed by atoms with E-state index in [9.17, 15) is 23.9 Å². The van der Waals surface area contributed by atoms with Gasteiger partial charge in [-0.25, -0.2) is 0 Å². The molecule has 0 saturated heterocycles. The van der Waals surface area contributed by atoms with Crippen LogP contribution in [0.15, 0.2) is 0 Å². The first-order valence-electron chi connectivity index (χ1n) is 9.55. The molecule has 6 nitrogen and oxygen atoms in total. The molecule has 0 aliphatic carbocycles. The molecular weight excluding hydrogens is 389 g/mol. The molecule has 0 radical (unpaired) electrons. The van der Waals surface area contributed by atoms with E-state index in [4.69, 9.17) is 0 Å². The zero-order valence-corrected chi connectivity index (χ0v) is 22.4. The van der Waals surface area contributed by atoms with Crippen LogP contribution in [0.3, 0.4) is 0 Å².